The molecule has 2 aromatic rings. The molecule has 0 aliphatic rings. The van der Waals surface area contributed by atoms with Crippen molar-refractivity contribution in [2.75, 3.05) is 0 Å². The fourth-order valence-corrected chi connectivity index (χ4v) is 1.69. The summed E-state index contributed by atoms with van der Waals surface area (Å²) in [5.41, 5.74) is 1.98. The Hall–Kier alpha value is -1.56. The maximum atomic E-state index is 11.8. The number of hydrogen-bond acceptors (Lipinski definition) is 6. The summed E-state index contributed by atoms with van der Waals surface area (Å²) in [7, 11) is 0. The molecule has 0 aliphatic heterocycles. The van der Waals surface area contributed by atoms with Crippen molar-refractivity contribution in [3.63, 3.8) is 0 Å². The van der Waals surface area contributed by atoms with Crippen LogP contribution in [0.15, 0.2) is 15.4 Å². The molecule has 90 valence electrons. The molecule has 0 fully saturated rings. The Balaban J connectivity index is 2.12. The zero-order valence-electron chi connectivity index (χ0n) is 9.93. The minimum absolute atomic E-state index is 0.0750. The molecule has 0 unspecified atom stereocenters. The van der Waals surface area contributed by atoms with E-state index in [9.17, 15) is 4.79 Å². The number of carbonyl (C=O) groups is 1. The van der Waals surface area contributed by atoms with E-state index in [0.29, 0.717) is 17.4 Å². The van der Waals surface area contributed by atoms with Gasteiger partial charge < -0.3 is 4.52 Å². The summed E-state index contributed by atoms with van der Waals surface area (Å²) in [6.07, 6.45) is 0.167. The predicted molar refractivity (Wildman–Crippen MR) is 63.6 cm³/mol. The third-order valence-corrected chi connectivity index (χ3v) is 2.86. The molecule has 0 amide bonds. The predicted octanol–water partition coefficient (Wildman–Crippen LogP) is 2.35. The smallest absolute Gasteiger partial charge is 0.234 e. The van der Waals surface area contributed by atoms with Crippen molar-refractivity contribution >= 4 is 17.1 Å². The van der Waals surface area contributed by atoms with Crippen LogP contribution in [0.2, 0.25) is 0 Å². The van der Waals surface area contributed by atoms with Crippen molar-refractivity contribution < 1.29 is 9.32 Å². The van der Waals surface area contributed by atoms with Crippen LogP contribution >= 0.6 is 11.3 Å². The molecule has 5 nitrogen and oxygen atoms in total. The number of carbonyl (C=O) groups excluding carboxylic acids is 1. The second-order valence-electron chi connectivity index (χ2n) is 4.74. The van der Waals surface area contributed by atoms with Crippen molar-refractivity contribution in [3.05, 3.63) is 16.8 Å². The maximum Gasteiger partial charge on any atom is 0.234 e. The van der Waals surface area contributed by atoms with Crippen LogP contribution in [0.5, 0.6) is 0 Å². The molecule has 0 saturated carbocycles. The molecule has 6 heteroatoms. The van der Waals surface area contributed by atoms with Crippen molar-refractivity contribution in [2.24, 2.45) is 5.41 Å². The summed E-state index contributed by atoms with van der Waals surface area (Å²) < 4.78 is 5.04. The first-order valence-corrected chi connectivity index (χ1v) is 6.15. The number of rotatable bonds is 3. The highest BCUT2D eigenvalue weighted by Crippen LogP contribution is 2.19. The number of hydrogen-bond donors (Lipinski definition) is 0. The summed E-state index contributed by atoms with van der Waals surface area (Å²) in [6, 6.07) is 0. The molecule has 0 radical (unpaired) electrons. The molecule has 0 aromatic carbocycles. The van der Waals surface area contributed by atoms with E-state index in [1.165, 1.54) is 11.3 Å². The van der Waals surface area contributed by atoms with E-state index in [4.69, 9.17) is 4.52 Å². The average molecular weight is 251 g/mol. The van der Waals surface area contributed by atoms with Gasteiger partial charge in [-0.3, -0.25) is 4.79 Å². The Bertz CT molecular complexity index is 511. The second kappa shape index (κ2) is 4.37. The van der Waals surface area contributed by atoms with Crippen molar-refractivity contribution in [2.45, 2.75) is 27.2 Å². The Labute approximate surface area is 103 Å². The molecular formula is C11H13N3O2S. The van der Waals surface area contributed by atoms with E-state index in [1.807, 2.05) is 26.2 Å². The Kier molecular flexibility index (Phi) is 3.06. The highest BCUT2D eigenvalue weighted by atomic mass is 32.1. The number of aromatic nitrogens is 3. The van der Waals surface area contributed by atoms with E-state index in [-0.39, 0.29) is 12.2 Å². The lowest BCUT2D eigenvalue weighted by atomic mass is 9.89. The zero-order valence-corrected chi connectivity index (χ0v) is 10.7. The highest BCUT2D eigenvalue weighted by Gasteiger charge is 2.24. The molecule has 0 atom stereocenters. The van der Waals surface area contributed by atoms with Gasteiger partial charge in [0, 0.05) is 10.8 Å². The monoisotopic (exact) mass is 251 g/mol. The van der Waals surface area contributed by atoms with Crippen molar-refractivity contribution in [1.82, 2.24) is 15.1 Å². The van der Waals surface area contributed by atoms with E-state index in [1.54, 1.807) is 5.51 Å². The SMILES string of the molecule is CC(C)(C)C(=O)Cc1nc(-c2cscn2)no1. The number of ketones is 1. The van der Waals surface area contributed by atoms with Crippen LogP contribution in [-0.2, 0) is 11.2 Å². The average Bonchev–Trinajstić information content (AvgIpc) is 2.83. The quantitative estimate of drug-likeness (QED) is 0.837. The third kappa shape index (κ3) is 2.76. The largest absolute Gasteiger partial charge is 0.338 e. The fraction of sp³-hybridized carbons (Fsp3) is 0.455. The van der Waals surface area contributed by atoms with Gasteiger partial charge in [-0.25, -0.2) is 4.98 Å². The van der Waals surface area contributed by atoms with Gasteiger partial charge in [-0.05, 0) is 0 Å². The minimum Gasteiger partial charge on any atom is -0.338 e. The second-order valence-corrected chi connectivity index (χ2v) is 5.45. The number of thiazole rings is 1. The molecule has 0 spiro atoms. The summed E-state index contributed by atoms with van der Waals surface area (Å²) in [6.45, 7) is 5.60. The van der Waals surface area contributed by atoms with E-state index in [0.717, 1.165) is 0 Å². The highest BCUT2D eigenvalue weighted by molar-refractivity contribution is 7.07. The van der Waals surface area contributed by atoms with Crippen LogP contribution in [0.3, 0.4) is 0 Å². The first kappa shape index (κ1) is 11.9. The molecule has 17 heavy (non-hydrogen) atoms. The van der Waals surface area contributed by atoms with Gasteiger partial charge in [0.15, 0.2) is 0 Å². The van der Waals surface area contributed by atoms with Crippen LogP contribution in [-0.4, -0.2) is 20.9 Å². The van der Waals surface area contributed by atoms with Gasteiger partial charge in [0.1, 0.15) is 11.5 Å². The fourth-order valence-electron chi connectivity index (χ4n) is 1.16. The zero-order chi connectivity index (χ0) is 12.5. The van der Waals surface area contributed by atoms with Gasteiger partial charge in [0.05, 0.1) is 11.9 Å². The van der Waals surface area contributed by atoms with Crippen molar-refractivity contribution in [1.29, 1.82) is 0 Å². The molecule has 0 saturated heterocycles. The number of nitrogens with zero attached hydrogens (tertiary/aromatic N) is 3. The first-order valence-electron chi connectivity index (χ1n) is 5.21. The van der Waals surface area contributed by atoms with Gasteiger partial charge in [0.25, 0.3) is 0 Å². The van der Waals surface area contributed by atoms with E-state index < -0.39 is 5.41 Å². The molecule has 0 bridgehead atoms. The van der Waals surface area contributed by atoms with Gasteiger partial charge in [-0.2, -0.15) is 4.98 Å². The van der Waals surface area contributed by atoms with Crippen molar-refractivity contribution in [3.8, 4) is 11.5 Å². The van der Waals surface area contributed by atoms with Crippen LogP contribution in [0.25, 0.3) is 11.5 Å². The topological polar surface area (TPSA) is 68.9 Å². The maximum absolute atomic E-state index is 11.8. The van der Waals surface area contributed by atoms with E-state index in [2.05, 4.69) is 15.1 Å². The third-order valence-electron chi connectivity index (χ3n) is 2.28. The molecule has 2 rings (SSSR count). The Morgan fingerprint density at radius 2 is 2.24 bits per heavy atom. The summed E-state index contributed by atoms with van der Waals surface area (Å²) in [4.78, 5) is 20.0. The molecule has 2 aromatic heterocycles. The summed E-state index contributed by atoms with van der Waals surface area (Å²) in [5.74, 6) is 0.849. The lowest BCUT2D eigenvalue weighted by molar-refractivity contribution is -0.125. The normalized spacial score (nSPS) is 11.7. The number of Topliss-reactive ketones (excluding diaryl/α,β-unsaturated/α-hetero) is 1. The molecular weight excluding hydrogens is 238 g/mol. The van der Waals surface area contributed by atoms with E-state index >= 15 is 0 Å². The molecule has 2 heterocycles. The van der Waals surface area contributed by atoms with Gasteiger partial charge in [-0.15, -0.1) is 11.3 Å². The first-order chi connectivity index (χ1) is 7.97. The van der Waals surface area contributed by atoms with Gasteiger partial charge in [-0.1, -0.05) is 25.9 Å². The standard InChI is InChI=1S/C11H13N3O2S/c1-11(2,3)8(15)4-9-13-10(14-16-9)7-5-17-6-12-7/h5-6H,4H2,1-3H3. The van der Waals surface area contributed by atoms with Gasteiger partial charge in [0.2, 0.25) is 11.7 Å². The lowest BCUT2D eigenvalue weighted by Gasteiger charge is -2.14. The summed E-state index contributed by atoms with van der Waals surface area (Å²) in [5, 5.41) is 5.63. The molecule has 0 N–H and O–H groups in total. The molecule has 0 aliphatic carbocycles. The van der Waals surface area contributed by atoms with Gasteiger partial charge >= 0.3 is 0 Å². The lowest BCUT2D eigenvalue weighted by Crippen LogP contribution is -2.22. The summed E-state index contributed by atoms with van der Waals surface area (Å²) >= 11 is 1.46. The Morgan fingerprint density at radius 1 is 1.47 bits per heavy atom. The van der Waals surface area contributed by atoms with Crippen LogP contribution in [0.1, 0.15) is 26.7 Å². The minimum atomic E-state index is -0.394. The Morgan fingerprint density at radius 3 is 2.82 bits per heavy atom. The van der Waals surface area contributed by atoms with Crippen LogP contribution in [0.4, 0.5) is 0 Å². The van der Waals surface area contributed by atoms with Crippen LogP contribution in [0, 0.1) is 5.41 Å². The van der Waals surface area contributed by atoms with Crippen LogP contribution < -0.4 is 0 Å².